The zero-order valence-corrected chi connectivity index (χ0v) is 16.5. The van der Waals surface area contributed by atoms with Gasteiger partial charge in [-0.15, -0.1) is 10.2 Å². The van der Waals surface area contributed by atoms with Crippen LogP contribution in [0.25, 0.3) is 10.2 Å². The van der Waals surface area contributed by atoms with Gasteiger partial charge in [-0.25, -0.2) is 4.98 Å². The van der Waals surface area contributed by atoms with Gasteiger partial charge in [0.2, 0.25) is 11.0 Å². The summed E-state index contributed by atoms with van der Waals surface area (Å²) in [7, 11) is 0. The van der Waals surface area contributed by atoms with Gasteiger partial charge in [-0.2, -0.15) is 5.10 Å². The van der Waals surface area contributed by atoms with Crippen LogP contribution in [0.2, 0.25) is 0 Å². The molecule has 4 rings (SSSR count). The summed E-state index contributed by atoms with van der Waals surface area (Å²) >= 11 is 4.94. The lowest BCUT2D eigenvalue weighted by Gasteiger charge is -2.03. The highest BCUT2D eigenvalue weighted by atomic mass is 79.9. The summed E-state index contributed by atoms with van der Waals surface area (Å²) in [6, 6.07) is 25.4. The third-order valence-corrected chi connectivity index (χ3v) is 5.13. The normalized spacial score (nSPS) is 12.0. The molecular weight excluding hydrogens is 422 g/mol. The minimum atomic E-state index is 0.477. The first-order valence-electron chi connectivity index (χ1n) is 8.20. The van der Waals surface area contributed by atoms with Crippen molar-refractivity contribution in [1.29, 1.82) is 0 Å². The number of azo groups is 1. The summed E-state index contributed by atoms with van der Waals surface area (Å²) in [6.07, 6.45) is 0. The van der Waals surface area contributed by atoms with Gasteiger partial charge in [-0.05, 0) is 48.5 Å². The van der Waals surface area contributed by atoms with Crippen molar-refractivity contribution in [2.24, 2.45) is 15.3 Å². The van der Waals surface area contributed by atoms with Crippen LogP contribution in [-0.2, 0) is 0 Å². The lowest BCUT2D eigenvalue weighted by Crippen LogP contribution is -2.01. The zero-order valence-electron chi connectivity index (χ0n) is 14.1. The molecule has 0 unspecified atom stereocenters. The van der Waals surface area contributed by atoms with Gasteiger partial charge in [-0.1, -0.05) is 57.6 Å². The van der Waals surface area contributed by atoms with Crippen LogP contribution in [0.15, 0.2) is 98.7 Å². The average Bonchev–Trinajstić information content (AvgIpc) is 3.13. The monoisotopic (exact) mass is 435 g/mol. The van der Waals surface area contributed by atoms with Crippen molar-refractivity contribution in [3.63, 3.8) is 0 Å². The topological polar surface area (TPSA) is 62.0 Å². The van der Waals surface area contributed by atoms with Crippen molar-refractivity contribution in [3.05, 3.63) is 88.9 Å². The molecule has 0 saturated heterocycles. The predicted octanol–water partition coefficient (Wildman–Crippen LogP) is 6.62. The maximum Gasteiger partial charge on any atom is 0.231 e. The number of hydrogen-bond donors (Lipinski definition) is 1. The summed E-state index contributed by atoms with van der Waals surface area (Å²) in [5.41, 5.74) is 5.67. The molecule has 0 spiro atoms. The molecule has 1 N–H and O–H groups in total. The number of rotatable bonds is 4. The van der Waals surface area contributed by atoms with Crippen molar-refractivity contribution >= 4 is 54.1 Å². The van der Waals surface area contributed by atoms with Gasteiger partial charge < -0.3 is 0 Å². The zero-order chi connectivity index (χ0) is 18.5. The van der Waals surface area contributed by atoms with E-state index in [2.05, 4.69) is 41.7 Å². The molecule has 0 fully saturated rings. The fraction of sp³-hybridized carbons (Fsp3) is 0. The van der Waals surface area contributed by atoms with Crippen LogP contribution in [0.4, 0.5) is 10.8 Å². The van der Waals surface area contributed by atoms with Gasteiger partial charge in [0.15, 0.2) is 0 Å². The van der Waals surface area contributed by atoms with E-state index in [-0.39, 0.29) is 0 Å². The van der Waals surface area contributed by atoms with Crippen molar-refractivity contribution in [3.8, 4) is 0 Å². The number of hydrazone groups is 1. The summed E-state index contributed by atoms with van der Waals surface area (Å²) in [5.74, 6) is 0.477. The Morgan fingerprint density at radius 1 is 0.889 bits per heavy atom. The molecule has 4 aromatic rings. The smallest absolute Gasteiger partial charge is 0.231 e. The van der Waals surface area contributed by atoms with Crippen LogP contribution in [-0.4, -0.2) is 10.8 Å². The van der Waals surface area contributed by atoms with Crippen molar-refractivity contribution in [2.75, 3.05) is 5.43 Å². The van der Waals surface area contributed by atoms with Gasteiger partial charge >= 0.3 is 0 Å². The number of hydrogen-bond acceptors (Lipinski definition) is 5. The van der Waals surface area contributed by atoms with Gasteiger partial charge in [0.25, 0.3) is 0 Å². The fourth-order valence-corrected chi connectivity index (χ4v) is 3.42. The van der Waals surface area contributed by atoms with Gasteiger partial charge in [0, 0.05) is 10.0 Å². The predicted molar refractivity (Wildman–Crippen MR) is 115 cm³/mol. The van der Waals surface area contributed by atoms with Gasteiger partial charge in [0.1, 0.15) is 0 Å². The summed E-state index contributed by atoms with van der Waals surface area (Å²) in [6.45, 7) is 0. The number of anilines is 1. The summed E-state index contributed by atoms with van der Waals surface area (Å²) in [4.78, 5) is 4.49. The van der Waals surface area contributed by atoms with E-state index in [1.807, 2.05) is 78.9 Å². The van der Waals surface area contributed by atoms with Gasteiger partial charge in [0.05, 0.1) is 15.9 Å². The number of thiazole rings is 1. The molecule has 0 atom stereocenters. The van der Waals surface area contributed by atoms with E-state index >= 15 is 0 Å². The molecule has 0 amide bonds. The molecule has 3 aromatic carbocycles. The second kappa shape index (κ2) is 8.20. The Morgan fingerprint density at radius 2 is 1.63 bits per heavy atom. The molecule has 1 heterocycles. The van der Waals surface area contributed by atoms with Crippen LogP contribution < -0.4 is 5.43 Å². The maximum absolute atomic E-state index is 4.49. The Hall–Kier alpha value is -2.90. The molecule has 5 nitrogen and oxygen atoms in total. The fourth-order valence-electron chi connectivity index (χ4n) is 2.37. The Balaban J connectivity index is 1.65. The maximum atomic E-state index is 4.49. The number of para-hydroxylation sites is 2. The van der Waals surface area contributed by atoms with E-state index in [4.69, 9.17) is 0 Å². The Labute approximate surface area is 168 Å². The number of benzene rings is 3. The van der Waals surface area contributed by atoms with Crippen LogP contribution in [0.5, 0.6) is 0 Å². The molecule has 7 heteroatoms. The standard InChI is InChI=1S/C20H14BrN5S/c21-15-12-10-14(11-13-15)19(24-23-16-6-2-1-3-7-16)25-26-20-22-17-8-4-5-9-18(17)27-20/h1-13,23H. The number of fused-ring (bicyclic) bond motifs is 1. The van der Waals surface area contributed by atoms with Crippen molar-refractivity contribution in [1.82, 2.24) is 4.98 Å². The SMILES string of the molecule is Brc1ccc(C(N=Nc2nc3ccccc3s2)=NNc2ccccc2)cc1. The van der Waals surface area contributed by atoms with E-state index in [1.165, 1.54) is 11.3 Å². The van der Waals surface area contributed by atoms with Crippen LogP contribution in [0, 0.1) is 0 Å². The summed E-state index contributed by atoms with van der Waals surface area (Å²) in [5, 5.41) is 13.7. The highest BCUT2D eigenvalue weighted by Crippen LogP contribution is 2.28. The average molecular weight is 436 g/mol. The second-order valence-electron chi connectivity index (χ2n) is 5.58. The highest BCUT2D eigenvalue weighted by molar-refractivity contribution is 9.10. The van der Waals surface area contributed by atoms with Gasteiger partial charge in [-0.3, -0.25) is 5.43 Å². The Morgan fingerprint density at radius 3 is 2.41 bits per heavy atom. The van der Waals surface area contributed by atoms with Crippen molar-refractivity contribution < 1.29 is 0 Å². The van der Waals surface area contributed by atoms with Crippen LogP contribution in [0.3, 0.4) is 0 Å². The molecular formula is C20H14BrN5S. The number of nitrogens with one attached hydrogen (secondary N) is 1. The van der Waals surface area contributed by atoms with E-state index < -0.39 is 0 Å². The number of nitrogens with zero attached hydrogens (tertiary/aromatic N) is 4. The van der Waals surface area contributed by atoms with Crippen molar-refractivity contribution in [2.45, 2.75) is 0 Å². The largest absolute Gasteiger partial charge is 0.276 e. The number of halogens is 1. The van der Waals surface area contributed by atoms with Crippen LogP contribution in [0.1, 0.15) is 5.56 Å². The molecule has 0 bridgehead atoms. The first kappa shape index (κ1) is 17.5. The molecule has 0 saturated carbocycles. The van der Waals surface area contributed by atoms with E-state index in [0.717, 1.165) is 25.9 Å². The molecule has 1 aromatic heterocycles. The minimum absolute atomic E-state index is 0.477. The Kier molecular flexibility index (Phi) is 5.32. The van der Waals surface area contributed by atoms with Crippen LogP contribution >= 0.6 is 27.3 Å². The van der Waals surface area contributed by atoms with E-state index in [9.17, 15) is 0 Å². The highest BCUT2D eigenvalue weighted by Gasteiger charge is 2.06. The molecule has 0 aliphatic heterocycles. The third kappa shape index (κ3) is 4.45. The molecule has 132 valence electrons. The van der Waals surface area contributed by atoms with E-state index in [1.54, 1.807) is 0 Å². The number of aromatic nitrogens is 1. The number of amidine groups is 1. The summed E-state index contributed by atoms with van der Waals surface area (Å²) < 4.78 is 2.07. The first-order chi connectivity index (χ1) is 13.3. The third-order valence-electron chi connectivity index (χ3n) is 3.68. The Bertz CT molecular complexity index is 1070. The first-order valence-corrected chi connectivity index (χ1v) is 9.81. The minimum Gasteiger partial charge on any atom is -0.276 e. The lowest BCUT2D eigenvalue weighted by atomic mass is 10.2. The molecule has 0 radical (unpaired) electrons. The quantitative estimate of drug-likeness (QED) is 0.169. The lowest BCUT2D eigenvalue weighted by molar-refractivity contribution is 1.21. The second-order valence-corrected chi connectivity index (χ2v) is 7.51. The molecule has 0 aliphatic carbocycles. The molecule has 0 aliphatic rings. The van der Waals surface area contributed by atoms with E-state index in [0.29, 0.717) is 11.0 Å². The molecule has 27 heavy (non-hydrogen) atoms.